The number of rotatable bonds is 2. The van der Waals surface area contributed by atoms with Gasteiger partial charge in [-0.3, -0.25) is 10.4 Å². The summed E-state index contributed by atoms with van der Waals surface area (Å²) in [6.45, 7) is 0. The maximum atomic E-state index is 7.17. The van der Waals surface area contributed by atoms with Crippen LogP contribution in [-0.2, 0) is 6.42 Å². The largest absolute Gasteiger partial charge is 0.387 e. The normalized spacial score (nSPS) is 10.5. The fourth-order valence-electron chi connectivity index (χ4n) is 1.22. The lowest BCUT2D eigenvalue weighted by molar-refractivity contribution is 0.946. The molecule has 0 amide bonds. The van der Waals surface area contributed by atoms with Gasteiger partial charge in [0.1, 0.15) is 0 Å². The van der Waals surface area contributed by atoms with Crippen molar-refractivity contribution in [2.75, 3.05) is 0 Å². The molecule has 5 nitrogen and oxygen atoms in total. The molecule has 2 heterocycles. The maximum absolute atomic E-state index is 7.17. The van der Waals surface area contributed by atoms with Gasteiger partial charge in [0.15, 0.2) is 0 Å². The van der Waals surface area contributed by atoms with Crippen LogP contribution in [0, 0.1) is 5.41 Å². The fourth-order valence-corrected chi connectivity index (χ4v) is 1.22. The van der Waals surface area contributed by atoms with E-state index in [4.69, 9.17) is 11.1 Å². The third-order valence-corrected chi connectivity index (χ3v) is 1.79. The van der Waals surface area contributed by atoms with Gasteiger partial charge >= 0.3 is 0 Å². The highest BCUT2D eigenvalue weighted by Gasteiger charge is 2.03. The van der Waals surface area contributed by atoms with E-state index in [2.05, 4.69) is 10.1 Å². The zero-order valence-corrected chi connectivity index (χ0v) is 6.94. The van der Waals surface area contributed by atoms with Gasteiger partial charge < -0.3 is 5.73 Å². The van der Waals surface area contributed by atoms with Crippen molar-refractivity contribution >= 4 is 11.4 Å². The molecule has 0 unspecified atom stereocenters. The van der Waals surface area contributed by atoms with E-state index in [0.717, 1.165) is 11.1 Å². The van der Waals surface area contributed by atoms with Crippen LogP contribution in [0.2, 0.25) is 0 Å². The first-order valence-corrected chi connectivity index (χ1v) is 3.86. The van der Waals surface area contributed by atoms with E-state index in [1.54, 1.807) is 29.3 Å². The third kappa shape index (κ3) is 1.35. The van der Waals surface area contributed by atoms with Crippen molar-refractivity contribution < 1.29 is 0 Å². The van der Waals surface area contributed by atoms with E-state index >= 15 is 0 Å². The number of fused-ring (bicyclic) bond motifs is 1. The van der Waals surface area contributed by atoms with E-state index < -0.39 is 0 Å². The summed E-state index contributed by atoms with van der Waals surface area (Å²) in [6.07, 6.45) is 7.27. The summed E-state index contributed by atoms with van der Waals surface area (Å²) in [6, 6.07) is 0. The SMILES string of the molecule is N=C(N)Cc1cnn2ccncc12. The summed E-state index contributed by atoms with van der Waals surface area (Å²) in [4.78, 5) is 3.98. The predicted octanol–water partition coefficient (Wildman–Crippen LogP) is 0.208. The Kier molecular flexibility index (Phi) is 1.70. The van der Waals surface area contributed by atoms with Gasteiger partial charge in [0.2, 0.25) is 0 Å². The van der Waals surface area contributed by atoms with Crippen LogP contribution in [-0.4, -0.2) is 20.4 Å². The van der Waals surface area contributed by atoms with Crippen LogP contribution in [0.25, 0.3) is 5.52 Å². The number of nitrogens with one attached hydrogen (secondary N) is 1. The van der Waals surface area contributed by atoms with Gasteiger partial charge in [-0.25, -0.2) is 4.52 Å². The van der Waals surface area contributed by atoms with Crippen LogP contribution in [0.4, 0.5) is 0 Å². The quantitative estimate of drug-likeness (QED) is 0.505. The summed E-state index contributed by atoms with van der Waals surface area (Å²) in [7, 11) is 0. The minimum absolute atomic E-state index is 0.138. The van der Waals surface area contributed by atoms with Gasteiger partial charge in [-0.15, -0.1) is 0 Å². The summed E-state index contributed by atoms with van der Waals surface area (Å²) >= 11 is 0. The molecule has 0 fully saturated rings. The molecule has 0 saturated carbocycles. The van der Waals surface area contributed by atoms with Crippen molar-refractivity contribution in [1.82, 2.24) is 14.6 Å². The Hall–Kier alpha value is -1.91. The Morgan fingerprint density at radius 2 is 2.38 bits per heavy atom. The molecule has 0 aliphatic heterocycles. The van der Waals surface area contributed by atoms with E-state index in [9.17, 15) is 0 Å². The monoisotopic (exact) mass is 175 g/mol. The molecule has 0 aromatic carbocycles. The second kappa shape index (κ2) is 2.85. The number of nitrogens with two attached hydrogens (primary N) is 1. The van der Waals surface area contributed by atoms with Crippen LogP contribution >= 0.6 is 0 Å². The molecule has 0 bridgehead atoms. The fraction of sp³-hybridized carbons (Fsp3) is 0.125. The zero-order valence-electron chi connectivity index (χ0n) is 6.94. The summed E-state index contributed by atoms with van der Waals surface area (Å²) < 4.78 is 1.71. The molecule has 2 aromatic heterocycles. The Bertz CT molecular complexity index is 444. The standard InChI is InChI=1S/C8H9N5/c9-8(10)3-6-4-12-13-2-1-11-5-7(6)13/h1-2,4-5H,3H2,(H3,9,10). The first kappa shape index (κ1) is 7.72. The van der Waals surface area contributed by atoms with Gasteiger partial charge in [0.25, 0.3) is 0 Å². The smallest absolute Gasteiger partial charge is 0.0951 e. The molecule has 0 radical (unpaired) electrons. The van der Waals surface area contributed by atoms with Gasteiger partial charge in [0.05, 0.1) is 23.7 Å². The molecular weight excluding hydrogens is 166 g/mol. The Labute approximate surface area is 74.7 Å². The van der Waals surface area contributed by atoms with Crippen LogP contribution in [0.15, 0.2) is 24.8 Å². The minimum atomic E-state index is 0.138. The highest BCUT2D eigenvalue weighted by molar-refractivity contribution is 5.81. The Morgan fingerprint density at radius 1 is 1.54 bits per heavy atom. The third-order valence-electron chi connectivity index (χ3n) is 1.79. The van der Waals surface area contributed by atoms with Gasteiger partial charge in [-0.05, 0) is 0 Å². The molecule has 0 saturated heterocycles. The van der Waals surface area contributed by atoms with E-state index in [1.165, 1.54) is 0 Å². The van der Waals surface area contributed by atoms with Crippen LogP contribution in [0.3, 0.4) is 0 Å². The second-order valence-corrected chi connectivity index (χ2v) is 2.78. The molecule has 2 aromatic rings. The lowest BCUT2D eigenvalue weighted by Gasteiger charge is -1.95. The molecule has 3 N–H and O–H groups in total. The van der Waals surface area contributed by atoms with Crippen molar-refractivity contribution in [1.29, 1.82) is 5.41 Å². The lowest BCUT2D eigenvalue weighted by atomic mass is 10.2. The molecule has 0 atom stereocenters. The Morgan fingerprint density at radius 3 is 3.15 bits per heavy atom. The first-order chi connectivity index (χ1) is 6.27. The van der Waals surface area contributed by atoms with Crippen LogP contribution < -0.4 is 5.73 Å². The van der Waals surface area contributed by atoms with Crippen LogP contribution in [0.5, 0.6) is 0 Å². The molecule has 2 rings (SSSR count). The van der Waals surface area contributed by atoms with Gasteiger partial charge in [-0.1, -0.05) is 0 Å². The number of nitrogens with zero attached hydrogens (tertiary/aromatic N) is 3. The van der Waals surface area contributed by atoms with E-state index in [1.807, 2.05) is 0 Å². The topological polar surface area (TPSA) is 80.1 Å². The zero-order chi connectivity index (χ0) is 9.26. The number of aromatic nitrogens is 3. The van der Waals surface area contributed by atoms with Crippen molar-refractivity contribution in [2.45, 2.75) is 6.42 Å². The second-order valence-electron chi connectivity index (χ2n) is 2.78. The summed E-state index contributed by atoms with van der Waals surface area (Å²) in [5, 5.41) is 11.3. The van der Waals surface area contributed by atoms with E-state index in [0.29, 0.717) is 6.42 Å². The first-order valence-electron chi connectivity index (χ1n) is 3.86. The van der Waals surface area contributed by atoms with Gasteiger partial charge in [0, 0.05) is 24.4 Å². The van der Waals surface area contributed by atoms with E-state index in [-0.39, 0.29) is 5.84 Å². The molecule has 0 aliphatic rings. The molecule has 0 aliphatic carbocycles. The lowest BCUT2D eigenvalue weighted by Crippen LogP contribution is -2.12. The highest BCUT2D eigenvalue weighted by Crippen LogP contribution is 2.08. The summed E-state index contributed by atoms with van der Waals surface area (Å²) in [5.74, 6) is 0.138. The van der Waals surface area contributed by atoms with Crippen LogP contribution in [0.1, 0.15) is 5.56 Å². The summed E-state index contributed by atoms with van der Waals surface area (Å²) in [5.41, 5.74) is 7.13. The highest BCUT2D eigenvalue weighted by atomic mass is 15.2. The average Bonchev–Trinajstić information content (AvgIpc) is 2.48. The van der Waals surface area contributed by atoms with Crippen molar-refractivity contribution in [3.8, 4) is 0 Å². The molecule has 13 heavy (non-hydrogen) atoms. The maximum Gasteiger partial charge on any atom is 0.0951 e. The number of amidine groups is 1. The number of hydrogen-bond acceptors (Lipinski definition) is 3. The molecule has 66 valence electrons. The van der Waals surface area contributed by atoms with Crippen molar-refractivity contribution in [3.63, 3.8) is 0 Å². The molecular formula is C8H9N5. The average molecular weight is 175 g/mol. The van der Waals surface area contributed by atoms with Crippen molar-refractivity contribution in [3.05, 3.63) is 30.4 Å². The molecule has 0 spiro atoms. The predicted molar refractivity (Wildman–Crippen MR) is 48.6 cm³/mol. The van der Waals surface area contributed by atoms with Crippen molar-refractivity contribution in [2.24, 2.45) is 5.73 Å². The van der Waals surface area contributed by atoms with Gasteiger partial charge in [-0.2, -0.15) is 5.10 Å². The minimum Gasteiger partial charge on any atom is -0.387 e. The number of hydrogen-bond donors (Lipinski definition) is 2. The Balaban J connectivity index is 2.51. The molecule has 5 heteroatoms.